The lowest BCUT2D eigenvalue weighted by molar-refractivity contribution is 0.0668. The fourth-order valence-corrected chi connectivity index (χ4v) is 5.75. The van der Waals surface area contributed by atoms with Gasteiger partial charge in [0.15, 0.2) is 5.65 Å². The molecule has 0 amide bonds. The Bertz CT molecular complexity index is 1220. The van der Waals surface area contributed by atoms with Crippen molar-refractivity contribution in [2.45, 2.75) is 32.4 Å². The second-order valence-electron chi connectivity index (χ2n) is 8.63. The van der Waals surface area contributed by atoms with Crippen LogP contribution in [0.1, 0.15) is 24.0 Å². The van der Waals surface area contributed by atoms with Gasteiger partial charge in [-0.05, 0) is 49.1 Å². The van der Waals surface area contributed by atoms with Crippen LogP contribution in [0.3, 0.4) is 0 Å². The number of aryl methyl sites for hydroxylation is 1. The summed E-state index contributed by atoms with van der Waals surface area (Å²) in [6.07, 6.45) is 5.97. The molecule has 4 aromatic rings. The second-order valence-corrected chi connectivity index (χ2v) is 10.3. The maximum absolute atomic E-state index is 9.92. The van der Waals surface area contributed by atoms with E-state index in [1.54, 1.807) is 9.12 Å². The second kappa shape index (κ2) is 9.55. The van der Waals surface area contributed by atoms with Crippen molar-refractivity contribution in [1.82, 2.24) is 13.9 Å². The quantitative estimate of drug-likeness (QED) is 0.286. The van der Waals surface area contributed by atoms with Gasteiger partial charge in [0, 0.05) is 72.3 Å². The number of aliphatic hydroxyl groups is 1. The molecule has 1 aliphatic rings. The summed E-state index contributed by atoms with van der Waals surface area (Å²) in [6.45, 7) is 4.84. The first-order chi connectivity index (χ1) is 15.6. The van der Waals surface area contributed by atoms with Crippen molar-refractivity contribution in [2.75, 3.05) is 13.1 Å². The zero-order valence-corrected chi connectivity index (χ0v) is 21.0. The average Bonchev–Trinajstić information content (AvgIpc) is 3.18. The SMILES string of the molecule is Cc1ccc(-c2cn(SI)c3ncc(-c4ccc(CN5CCCC(O)C5)cc4)cc23)cc1. The number of hydrogen-bond acceptors (Lipinski definition) is 4. The minimum absolute atomic E-state index is 0.184. The van der Waals surface area contributed by atoms with Gasteiger partial charge in [0.05, 0.1) is 6.10 Å². The molecule has 0 spiro atoms. The third-order valence-electron chi connectivity index (χ3n) is 6.22. The van der Waals surface area contributed by atoms with Gasteiger partial charge in [-0.2, -0.15) is 0 Å². The van der Waals surface area contributed by atoms with Crippen molar-refractivity contribution in [3.63, 3.8) is 0 Å². The average molecular weight is 555 g/mol. The highest BCUT2D eigenvalue weighted by atomic mass is 127. The molecular weight excluding hydrogens is 529 g/mol. The number of β-amino-alcohol motifs (C(OH)–C–C–N with tert-alkyl or cyclic N) is 1. The summed E-state index contributed by atoms with van der Waals surface area (Å²) >= 11 is 2.31. The summed E-state index contributed by atoms with van der Waals surface area (Å²) in [5.74, 6) is 0. The maximum Gasteiger partial charge on any atom is 0.151 e. The lowest BCUT2D eigenvalue weighted by atomic mass is 10.0. The van der Waals surface area contributed by atoms with Crippen molar-refractivity contribution >= 4 is 41.4 Å². The highest BCUT2D eigenvalue weighted by molar-refractivity contribution is 14.2. The predicted octanol–water partition coefficient (Wildman–Crippen LogP) is 6.48. The van der Waals surface area contributed by atoms with Crippen LogP contribution in [0.2, 0.25) is 0 Å². The highest BCUT2D eigenvalue weighted by Gasteiger charge is 2.18. The highest BCUT2D eigenvalue weighted by Crippen LogP contribution is 2.36. The summed E-state index contributed by atoms with van der Waals surface area (Å²) in [7, 11) is 1.64. The van der Waals surface area contributed by atoms with E-state index >= 15 is 0 Å². The Labute approximate surface area is 205 Å². The Morgan fingerprint density at radius 1 is 1.06 bits per heavy atom. The summed E-state index contributed by atoms with van der Waals surface area (Å²) in [5, 5.41) is 11.1. The molecule has 0 radical (unpaired) electrons. The minimum atomic E-state index is -0.184. The number of fused-ring (bicyclic) bond motifs is 1. The number of halogens is 1. The number of pyridine rings is 1. The lowest BCUT2D eigenvalue weighted by Gasteiger charge is -2.29. The first kappa shape index (κ1) is 21.9. The summed E-state index contributed by atoms with van der Waals surface area (Å²) in [5.41, 5.74) is 8.25. The van der Waals surface area contributed by atoms with Crippen LogP contribution in [-0.4, -0.2) is 38.2 Å². The van der Waals surface area contributed by atoms with Gasteiger partial charge in [-0.3, -0.25) is 8.87 Å². The molecule has 1 atom stereocenters. The number of rotatable bonds is 5. The van der Waals surface area contributed by atoms with Gasteiger partial charge in [0.1, 0.15) is 0 Å². The Morgan fingerprint density at radius 2 is 1.81 bits per heavy atom. The first-order valence-corrected chi connectivity index (χ1v) is 14.3. The van der Waals surface area contributed by atoms with Gasteiger partial charge >= 0.3 is 0 Å². The molecule has 2 aromatic carbocycles. The van der Waals surface area contributed by atoms with E-state index in [0.717, 1.165) is 43.7 Å². The van der Waals surface area contributed by atoms with E-state index in [4.69, 9.17) is 4.98 Å². The first-order valence-electron chi connectivity index (χ1n) is 11.0. The molecule has 32 heavy (non-hydrogen) atoms. The van der Waals surface area contributed by atoms with Crippen molar-refractivity contribution < 1.29 is 5.11 Å². The van der Waals surface area contributed by atoms with Crippen LogP contribution in [0.15, 0.2) is 67.0 Å². The van der Waals surface area contributed by atoms with Crippen molar-refractivity contribution in [3.8, 4) is 22.3 Å². The normalized spacial score (nSPS) is 17.2. The lowest BCUT2D eigenvalue weighted by Crippen LogP contribution is -2.37. The molecule has 164 valence electrons. The molecular formula is C26H26IN3OS. The molecule has 0 aliphatic carbocycles. The van der Waals surface area contributed by atoms with Crippen LogP contribution < -0.4 is 0 Å². The predicted molar refractivity (Wildman–Crippen MR) is 143 cm³/mol. The van der Waals surface area contributed by atoms with Crippen LogP contribution in [0.5, 0.6) is 0 Å². The molecule has 1 saturated heterocycles. The van der Waals surface area contributed by atoms with Crippen LogP contribution in [0, 0.1) is 6.92 Å². The number of likely N-dealkylation sites (tertiary alicyclic amines) is 1. The van der Waals surface area contributed by atoms with E-state index in [0.29, 0.717) is 0 Å². The minimum Gasteiger partial charge on any atom is -0.392 e. The Morgan fingerprint density at radius 3 is 2.53 bits per heavy atom. The van der Waals surface area contributed by atoms with Crippen LogP contribution in [-0.2, 0) is 6.54 Å². The molecule has 6 heteroatoms. The number of aliphatic hydroxyl groups excluding tert-OH is 1. The topological polar surface area (TPSA) is 41.3 Å². The van der Waals surface area contributed by atoms with Crippen LogP contribution >= 0.6 is 30.3 Å². The van der Waals surface area contributed by atoms with Gasteiger partial charge in [-0.15, -0.1) is 0 Å². The van der Waals surface area contributed by atoms with E-state index in [2.05, 4.69) is 97.8 Å². The van der Waals surface area contributed by atoms with Gasteiger partial charge < -0.3 is 5.11 Å². The number of hydrogen-bond donors (Lipinski definition) is 1. The maximum atomic E-state index is 9.92. The standard InChI is InChI=1S/C26H26IN3OS/c1-18-4-8-21(9-5-18)25-17-30(32-27)26-24(25)13-22(14-28-26)20-10-6-19(7-11-20)15-29-12-2-3-23(31)16-29/h4-11,13-14,17,23,31H,2-3,12,15-16H2,1H3. The Balaban J connectivity index is 1.45. The van der Waals surface area contributed by atoms with E-state index in [1.165, 1.54) is 33.2 Å². The number of nitrogens with zero attached hydrogens (tertiary/aromatic N) is 3. The zero-order valence-electron chi connectivity index (χ0n) is 18.0. The van der Waals surface area contributed by atoms with Gasteiger partial charge in [-0.1, -0.05) is 54.1 Å². The van der Waals surface area contributed by atoms with Crippen LogP contribution in [0.25, 0.3) is 33.3 Å². The zero-order chi connectivity index (χ0) is 22.1. The summed E-state index contributed by atoms with van der Waals surface area (Å²) in [6, 6.07) is 19.7. The number of benzene rings is 2. The molecule has 5 rings (SSSR count). The Hall–Kier alpha value is -1.87. The van der Waals surface area contributed by atoms with Crippen LogP contribution in [0.4, 0.5) is 0 Å². The molecule has 4 nitrogen and oxygen atoms in total. The van der Waals surface area contributed by atoms with E-state index < -0.39 is 0 Å². The Kier molecular flexibility index (Phi) is 6.55. The molecule has 1 aliphatic heterocycles. The molecule has 0 saturated carbocycles. The van der Waals surface area contributed by atoms with E-state index in [9.17, 15) is 5.11 Å². The smallest absolute Gasteiger partial charge is 0.151 e. The third kappa shape index (κ3) is 4.59. The van der Waals surface area contributed by atoms with Crippen molar-refractivity contribution in [2.24, 2.45) is 0 Å². The molecule has 1 unspecified atom stereocenters. The van der Waals surface area contributed by atoms with Gasteiger partial charge in [-0.25, -0.2) is 4.98 Å². The van der Waals surface area contributed by atoms with Gasteiger partial charge in [0.25, 0.3) is 0 Å². The summed E-state index contributed by atoms with van der Waals surface area (Å²) in [4.78, 5) is 7.16. The molecule has 2 aromatic heterocycles. The molecule has 0 bridgehead atoms. The van der Waals surface area contributed by atoms with Gasteiger partial charge in [0.2, 0.25) is 0 Å². The third-order valence-corrected chi connectivity index (χ3v) is 7.92. The van der Waals surface area contributed by atoms with E-state index in [1.807, 2.05) is 6.20 Å². The fourth-order valence-electron chi connectivity index (χ4n) is 4.49. The summed E-state index contributed by atoms with van der Waals surface area (Å²) < 4.78 is 2.13. The number of piperidine rings is 1. The van der Waals surface area contributed by atoms with E-state index in [-0.39, 0.29) is 6.10 Å². The molecule has 1 fully saturated rings. The van der Waals surface area contributed by atoms with Crippen molar-refractivity contribution in [1.29, 1.82) is 0 Å². The number of aromatic nitrogens is 2. The molecule has 3 heterocycles. The van der Waals surface area contributed by atoms with Crippen molar-refractivity contribution in [3.05, 3.63) is 78.1 Å². The molecule has 1 N–H and O–H groups in total. The fraction of sp³-hybridized carbons (Fsp3) is 0.269. The largest absolute Gasteiger partial charge is 0.392 e. The monoisotopic (exact) mass is 555 g/mol.